The van der Waals surface area contributed by atoms with Gasteiger partial charge in [-0.3, -0.25) is 0 Å². The zero-order valence-electron chi connectivity index (χ0n) is 13.9. The van der Waals surface area contributed by atoms with Crippen LogP contribution >= 0.6 is 0 Å². The van der Waals surface area contributed by atoms with Crippen molar-refractivity contribution in [1.29, 1.82) is 0 Å². The summed E-state index contributed by atoms with van der Waals surface area (Å²) < 4.78 is 6.28. The van der Waals surface area contributed by atoms with Crippen molar-refractivity contribution in [2.75, 3.05) is 0 Å². The summed E-state index contributed by atoms with van der Waals surface area (Å²) in [4.78, 5) is 0. The molecule has 3 heteroatoms. The van der Waals surface area contributed by atoms with Gasteiger partial charge >= 0.3 is 7.12 Å². The first-order chi connectivity index (χ1) is 12.3. The van der Waals surface area contributed by atoms with Gasteiger partial charge < -0.3 is 9.68 Å². The molecule has 25 heavy (non-hydrogen) atoms. The van der Waals surface area contributed by atoms with Gasteiger partial charge in [0.25, 0.3) is 0 Å². The summed E-state index contributed by atoms with van der Waals surface area (Å²) in [5.41, 5.74) is 3.52. The smallest absolute Gasteiger partial charge is 0.423 e. The molecule has 3 aromatic rings. The van der Waals surface area contributed by atoms with Gasteiger partial charge in [-0.05, 0) is 28.2 Å². The zero-order valence-corrected chi connectivity index (χ0v) is 13.9. The second kappa shape index (κ2) is 6.71. The largest absolute Gasteiger partial charge is 0.492 e. The van der Waals surface area contributed by atoms with Crippen LogP contribution in [0.15, 0.2) is 91.0 Å². The van der Waals surface area contributed by atoms with Gasteiger partial charge in [-0.1, -0.05) is 91.0 Å². The molecule has 0 radical (unpaired) electrons. The first kappa shape index (κ1) is 15.9. The lowest BCUT2D eigenvalue weighted by Gasteiger charge is -2.36. The first-order valence-corrected chi connectivity index (χ1v) is 8.50. The molecule has 1 aliphatic carbocycles. The number of fused-ring (bicyclic) bond motifs is 1. The molecule has 2 nitrogen and oxygen atoms in total. The third kappa shape index (κ3) is 3.17. The minimum Gasteiger partial charge on any atom is -0.423 e. The maximum Gasteiger partial charge on any atom is 0.492 e. The van der Waals surface area contributed by atoms with Crippen molar-refractivity contribution >= 4 is 18.7 Å². The van der Waals surface area contributed by atoms with Gasteiger partial charge in [0, 0.05) is 6.42 Å². The van der Waals surface area contributed by atoms with Crippen molar-refractivity contribution < 1.29 is 9.68 Å². The Labute approximate surface area is 148 Å². The number of benzene rings is 3. The minimum absolute atomic E-state index is 0.688. The number of hydrogen-bond acceptors (Lipinski definition) is 2. The van der Waals surface area contributed by atoms with Crippen molar-refractivity contribution in [2.45, 2.75) is 12.0 Å². The summed E-state index contributed by atoms with van der Waals surface area (Å²) in [6, 6.07) is 27.9. The fraction of sp³-hybridized carbons (Fsp3) is 0.0909. The molecule has 0 saturated heterocycles. The van der Waals surface area contributed by atoms with E-state index >= 15 is 0 Å². The Kier molecular flexibility index (Phi) is 4.27. The molecule has 1 atom stereocenters. The van der Waals surface area contributed by atoms with Crippen LogP contribution in [0.4, 0.5) is 0 Å². The van der Waals surface area contributed by atoms with E-state index in [-0.39, 0.29) is 0 Å². The van der Waals surface area contributed by atoms with E-state index in [2.05, 4.69) is 36.4 Å². The highest BCUT2D eigenvalue weighted by molar-refractivity contribution is 6.60. The Hall–Kier alpha value is -2.62. The van der Waals surface area contributed by atoms with Crippen LogP contribution in [0.5, 0.6) is 0 Å². The third-order valence-corrected chi connectivity index (χ3v) is 4.71. The van der Waals surface area contributed by atoms with Gasteiger partial charge in [0.1, 0.15) is 5.60 Å². The van der Waals surface area contributed by atoms with E-state index in [9.17, 15) is 5.02 Å². The molecule has 0 aliphatic heterocycles. The van der Waals surface area contributed by atoms with Crippen LogP contribution in [-0.2, 0) is 16.7 Å². The molecule has 0 amide bonds. The molecule has 3 aromatic carbocycles. The molecule has 0 heterocycles. The molecule has 0 saturated carbocycles. The first-order valence-electron chi connectivity index (χ1n) is 8.50. The average molecular weight is 326 g/mol. The summed E-state index contributed by atoms with van der Waals surface area (Å²) in [5, 5.41) is 10.7. The highest BCUT2D eigenvalue weighted by Gasteiger charge is 2.37. The molecular formula is C22H19BO2. The van der Waals surface area contributed by atoms with Crippen LogP contribution in [-0.4, -0.2) is 12.1 Å². The summed E-state index contributed by atoms with van der Waals surface area (Å²) >= 11 is 0. The molecule has 1 aliphatic rings. The summed E-state index contributed by atoms with van der Waals surface area (Å²) in [6.07, 6.45) is 4.84. The molecular weight excluding hydrogens is 307 g/mol. The molecule has 0 fully saturated rings. The number of rotatable bonds is 4. The molecule has 4 rings (SSSR count). The Bertz CT molecular complexity index is 877. The van der Waals surface area contributed by atoms with Crippen molar-refractivity contribution in [3.63, 3.8) is 0 Å². The second-order valence-corrected chi connectivity index (χ2v) is 6.35. The van der Waals surface area contributed by atoms with E-state index in [4.69, 9.17) is 4.65 Å². The van der Waals surface area contributed by atoms with Crippen molar-refractivity contribution in [3.05, 3.63) is 108 Å². The fourth-order valence-electron chi connectivity index (χ4n) is 3.38. The van der Waals surface area contributed by atoms with Gasteiger partial charge in [0.2, 0.25) is 0 Å². The maximum atomic E-state index is 10.7. The molecule has 0 spiro atoms. The highest BCUT2D eigenvalue weighted by atomic mass is 16.5. The van der Waals surface area contributed by atoms with Gasteiger partial charge in [-0.2, -0.15) is 0 Å². The predicted octanol–water partition coefficient (Wildman–Crippen LogP) is 3.56. The fourth-order valence-corrected chi connectivity index (χ4v) is 3.38. The Balaban J connectivity index is 1.74. The Morgan fingerprint density at radius 3 is 2.20 bits per heavy atom. The van der Waals surface area contributed by atoms with E-state index in [1.54, 1.807) is 0 Å². The molecule has 0 aromatic heterocycles. The van der Waals surface area contributed by atoms with Gasteiger partial charge in [0.15, 0.2) is 0 Å². The lowest BCUT2D eigenvalue weighted by molar-refractivity contribution is 0.0959. The van der Waals surface area contributed by atoms with E-state index in [0.29, 0.717) is 6.42 Å². The van der Waals surface area contributed by atoms with E-state index in [1.807, 2.05) is 60.7 Å². The van der Waals surface area contributed by atoms with Crippen LogP contribution in [0.3, 0.4) is 0 Å². The number of hydrogen-bond donors (Lipinski definition) is 1. The molecule has 122 valence electrons. The van der Waals surface area contributed by atoms with Gasteiger partial charge in [-0.15, -0.1) is 0 Å². The van der Waals surface area contributed by atoms with E-state index in [0.717, 1.165) is 11.0 Å². The van der Waals surface area contributed by atoms with E-state index < -0.39 is 12.7 Å². The topological polar surface area (TPSA) is 29.5 Å². The van der Waals surface area contributed by atoms with Crippen molar-refractivity contribution in [2.24, 2.45) is 0 Å². The Morgan fingerprint density at radius 2 is 1.44 bits per heavy atom. The molecule has 0 bridgehead atoms. The van der Waals surface area contributed by atoms with Crippen LogP contribution < -0.4 is 5.46 Å². The minimum atomic E-state index is -0.990. The average Bonchev–Trinajstić information content (AvgIpc) is 2.69. The SMILES string of the molecule is OB(OC1(c2ccccc2)C=Cc2ccccc2C1)c1ccccc1. The van der Waals surface area contributed by atoms with Crippen LogP contribution in [0, 0.1) is 0 Å². The van der Waals surface area contributed by atoms with Crippen molar-refractivity contribution in [1.82, 2.24) is 0 Å². The van der Waals surface area contributed by atoms with Gasteiger partial charge in [-0.25, -0.2) is 0 Å². The van der Waals surface area contributed by atoms with Crippen LogP contribution in [0.25, 0.3) is 6.08 Å². The normalized spacial score (nSPS) is 18.6. The maximum absolute atomic E-state index is 10.7. The Morgan fingerprint density at radius 1 is 0.800 bits per heavy atom. The predicted molar refractivity (Wildman–Crippen MR) is 102 cm³/mol. The zero-order chi connectivity index (χ0) is 17.1. The summed E-state index contributed by atoms with van der Waals surface area (Å²) in [5.74, 6) is 0. The third-order valence-electron chi connectivity index (χ3n) is 4.71. The quantitative estimate of drug-likeness (QED) is 0.743. The summed E-state index contributed by atoms with van der Waals surface area (Å²) in [6.45, 7) is 0. The van der Waals surface area contributed by atoms with Crippen molar-refractivity contribution in [3.8, 4) is 0 Å². The standard InChI is InChI=1S/C22H19BO2/c24-23(21-13-5-2-6-14-21)25-22(20-11-3-1-4-12-20)16-15-18-9-7-8-10-19(18)17-22/h1-16,24H,17H2. The molecule has 1 unspecified atom stereocenters. The lowest BCUT2D eigenvalue weighted by Crippen LogP contribution is -2.44. The lowest BCUT2D eigenvalue weighted by atomic mass is 9.74. The van der Waals surface area contributed by atoms with Crippen LogP contribution in [0.2, 0.25) is 0 Å². The summed E-state index contributed by atoms with van der Waals surface area (Å²) in [7, 11) is -0.990. The second-order valence-electron chi connectivity index (χ2n) is 6.35. The highest BCUT2D eigenvalue weighted by Crippen LogP contribution is 2.37. The van der Waals surface area contributed by atoms with Gasteiger partial charge in [0.05, 0.1) is 0 Å². The molecule has 1 N–H and O–H groups in total. The monoisotopic (exact) mass is 326 g/mol. The van der Waals surface area contributed by atoms with E-state index in [1.165, 1.54) is 11.1 Å². The van der Waals surface area contributed by atoms with Crippen LogP contribution in [0.1, 0.15) is 16.7 Å².